The van der Waals surface area contributed by atoms with Crippen molar-refractivity contribution < 1.29 is 9.50 Å². The number of halogens is 1. The third-order valence-electron chi connectivity index (χ3n) is 1.73. The topological polar surface area (TPSA) is 37.5 Å². The minimum absolute atomic E-state index is 0.118. The Kier molecular flexibility index (Phi) is 1.55. The van der Waals surface area contributed by atoms with Gasteiger partial charge < -0.3 is 5.11 Å². The van der Waals surface area contributed by atoms with Gasteiger partial charge in [0.05, 0.1) is 18.3 Å². The average Bonchev–Trinajstić information content (AvgIpc) is 2.46. The lowest BCUT2D eigenvalue weighted by Crippen LogP contribution is -1.88. The number of aliphatic hydroxyl groups excluding tert-OH is 1. The Bertz CT molecular complexity index is 410. The maximum atomic E-state index is 12.7. The van der Waals surface area contributed by atoms with Crippen molar-refractivity contribution in [3.05, 3.63) is 35.9 Å². The summed E-state index contributed by atoms with van der Waals surface area (Å²) in [6.45, 7) is -0.118. The first-order chi connectivity index (χ1) is 5.81. The maximum Gasteiger partial charge on any atom is 0.126 e. The number of nitrogens with zero attached hydrogens (tertiary/aromatic N) is 2. The zero-order chi connectivity index (χ0) is 8.55. The van der Waals surface area contributed by atoms with Gasteiger partial charge in [-0.15, -0.1) is 0 Å². The van der Waals surface area contributed by atoms with Crippen molar-refractivity contribution in [1.29, 1.82) is 0 Å². The lowest BCUT2D eigenvalue weighted by Gasteiger charge is -1.94. The Hall–Kier alpha value is -1.42. The van der Waals surface area contributed by atoms with Crippen LogP contribution in [-0.4, -0.2) is 14.7 Å². The summed E-state index contributed by atoms with van der Waals surface area (Å²) < 4.78 is 14.2. The van der Waals surface area contributed by atoms with E-state index in [-0.39, 0.29) is 12.4 Å². The Morgan fingerprint density at radius 3 is 3.17 bits per heavy atom. The highest BCUT2D eigenvalue weighted by Gasteiger charge is 2.02. The van der Waals surface area contributed by atoms with E-state index in [0.717, 1.165) is 0 Å². The number of pyridine rings is 1. The second kappa shape index (κ2) is 2.57. The van der Waals surface area contributed by atoms with Gasteiger partial charge in [0.15, 0.2) is 0 Å². The van der Waals surface area contributed by atoms with Gasteiger partial charge in [0.1, 0.15) is 5.82 Å². The van der Waals surface area contributed by atoms with Gasteiger partial charge in [0, 0.05) is 17.8 Å². The number of fused-ring (bicyclic) bond motifs is 1. The van der Waals surface area contributed by atoms with Gasteiger partial charge in [0.2, 0.25) is 0 Å². The summed E-state index contributed by atoms with van der Waals surface area (Å²) in [5, 5.41) is 12.8. The van der Waals surface area contributed by atoms with Crippen molar-refractivity contribution in [2.45, 2.75) is 6.61 Å². The van der Waals surface area contributed by atoms with Crippen LogP contribution < -0.4 is 0 Å². The first kappa shape index (κ1) is 7.24. The van der Waals surface area contributed by atoms with Crippen molar-refractivity contribution in [2.24, 2.45) is 0 Å². The molecule has 0 aliphatic rings. The molecular weight excluding hydrogens is 159 g/mol. The molecule has 0 radical (unpaired) electrons. The molecule has 1 N–H and O–H groups in total. The third kappa shape index (κ3) is 0.967. The van der Waals surface area contributed by atoms with Crippen molar-refractivity contribution in [3.63, 3.8) is 0 Å². The molecule has 0 saturated carbocycles. The predicted octanol–water partition coefficient (Wildman–Crippen LogP) is 0.966. The molecule has 2 rings (SSSR count). The second-order valence-corrected chi connectivity index (χ2v) is 2.50. The highest BCUT2D eigenvalue weighted by Crippen LogP contribution is 2.11. The van der Waals surface area contributed by atoms with Gasteiger partial charge in [0.25, 0.3) is 0 Å². The van der Waals surface area contributed by atoms with Crippen molar-refractivity contribution >= 4 is 5.52 Å². The molecular formula is C8H7FN2O. The van der Waals surface area contributed by atoms with E-state index < -0.39 is 0 Å². The zero-order valence-electron chi connectivity index (χ0n) is 6.24. The molecule has 0 aromatic carbocycles. The molecule has 0 fully saturated rings. The normalized spacial score (nSPS) is 10.8. The summed E-state index contributed by atoms with van der Waals surface area (Å²) >= 11 is 0. The van der Waals surface area contributed by atoms with E-state index in [0.29, 0.717) is 11.1 Å². The van der Waals surface area contributed by atoms with Crippen LogP contribution in [0.25, 0.3) is 5.52 Å². The van der Waals surface area contributed by atoms with Crippen molar-refractivity contribution in [3.8, 4) is 0 Å². The van der Waals surface area contributed by atoms with Crippen LogP contribution in [-0.2, 0) is 6.61 Å². The fourth-order valence-corrected chi connectivity index (χ4v) is 1.13. The Labute approximate surface area is 68.1 Å². The van der Waals surface area contributed by atoms with E-state index in [2.05, 4.69) is 5.10 Å². The molecule has 2 heterocycles. The largest absolute Gasteiger partial charge is 0.392 e. The fraction of sp³-hybridized carbons (Fsp3) is 0.125. The fourth-order valence-electron chi connectivity index (χ4n) is 1.13. The molecule has 0 unspecified atom stereocenters. The van der Waals surface area contributed by atoms with E-state index in [1.807, 2.05) is 0 Å². The first-order valence-corrected chi connectivity index (χ1v) is 3.54. The lowest BCUT2D eigenvalue weighted by molar-refractivity contribution is 0.283. The summed E-state index contributed by atoms with van der Waals surface area (Å²) in [4.78, 5) is 0. The molecule has 0 aliphatic heterocycles. The molecule has 0 amide bonds. The van der Waals surface area contributed by atoms with Crippen LogP contribution in [0.15, 0.2) is 24.5 Å². The molecule has 0 aliphatic carbocycles. The molecule has 0 spiro atoms. The average molecular weight is 166 g/mol. The molecule has 0 saturated heterocycles. The highest BCUT2D eigenvalue weighted by molar-refractivity contribution is 5.53. The molecule has 0 atom stereocenters. The van der Waals surface area contributed by atoms with E-state index in [4.69, 9.17) is 5.11 Å². The second-order valence-electron chi connectivity index (χ2n) is 2.50. The summed E-state index contributed by atoms with van der Waals surface area (Å²) in [6.07, 6.45) is 3.04. The lowest BCUT2D eigenvalue weighted by atomic mass is 10.3. The van der Waals surface area contributed by atoms with Crippen LogP contribution in [0.2, 0.25) is 0 Å². The Morgan fingerprint density at radius 2 is 2.42 bits per heavy atom. The summed E-state index contributed by atoms with van der Waals surface area (Å²) in [5.41, 5.74) is 1.24. The molecule has 2 aromatic heterocycles. The van der Waals surface area contributed by atoms with Gasteiger partial charge in [-0.05, 0) is 6.07 Å². The SMILES string of the molecule is OCc1cnn2ccc(F)cc12. The summed E-state index contributed by atoms with van der Waals surface area (Å²) in [6, 6.07) is 2.67. The molecule has 2 aromatic rings. The number of aliphatic hydroxyl groups is 1. The van der Waals surface area contributed by atoms with E-state index >= 15 is 0 Å². The third-order valence-corrected chi connectivity index (χ3v) is 1.73. The van der Waals surface area contributed by atoms with Gasteiger partial charge >= 0.3 is 0 Å². The van der Waals surface area contributed by atoms with Crippen LogP contribution in [0.1, 0.15) is 5.56 Å². The molecule has 12 heavy (non-hydrogen) atoms. The van der Waals surface area contributed by atoms with Gasteiger partial charge in [-0.1, -0.05) is 0 Å². The predicted molar refractivity (Wildman–Crippen MR) is 41.1 cm³/mol. The standard InChI is InChI=1S/C8H7FN2O/c9-7-1-2-11-8(3-7)6(5-12)4-10-11/h1-4,12H,5H2. The highest BCUT2D eigenvalue weighted by atomic mass is 19.1. The van der Waals surface area contributed by atoms with Crippen molar-refractivity contribution in [2.75, 3.05) is 0 Å². The number of hydrogen-bond acceptors (Lipinski definition) is 2. The van der Waals surface area contributed by atoms with E-state index in [1.165, 1.54) is 29.0 Å². The van der Waals surface area contributed by atoms with Gasteiger partial charge in [-0.25, -0.2) is 8.91 Å². The summed E-state index contributed by atoms with van der Waals surface area (Å²) in [7, 11) is 0. The molecule has 4 heteroatoms. The van der Waals surface area contributed by atoms with Crippen LogP contribution in [0, 0.1) is 5.82 Å². The molecule has 62 valence electrons. The van der Waals surface area contributed by atoms with Gasteiger partial charge in [-0.3, -0.25) is 0 Å². The quantitative estimate of drug-likeness (QED) is 0.685. The van der Waals surface area contributed by atoms with Crippen molar-refractivity contribution in [1.82, 2.24) is 9.61 Å². The Morgan fingerprint density at radius 1 is 1.58 bits per heavy atom. The van der Waals surface area contributed by atoms with Gasteiger partial charge in [-0.2, -0.15) is 5.10 Å². The number of hydrogen-bond donors (Lipinski definition) is 1. The number of rotatable bonds is 1. The zero-order valence-corrected chi connectivity index (χ0v) is 6.24. The van der Waals surface area contributed by atoms with Crippen LogP contribution in [0.3, 0.4) is 0 Å². The monoisotopic (exact) mass is 166 g/mol. The Balaban J connectivity index is 2.75. The first-order valence-electron chi connectivity index (χ1n) is 3.54. The molecule has 3 nitrogen and oxygen atoms in total. The number of aromatic nitrogens is 2. The van der Waals surface area contributed by atoms with Crippen LogP contribution in [0.5, 0.6) is 0 Å². The minimum atomic E-state index is -0.322. The maximum absolute atomic E-state index is 12.7. The molecule has 0 bridgehead atoms. The summed E-state index contributed by atoms with van der Waals surface area (Å²) in [5.74, 6) is -0.322. The smallest absolute Gasteiger partial charge is 0.126 e. The minimum Gasteiger partial charge on any atom is -0.392 e. The van der Waals surface area contributed by atoms with Crippen LogP contribution in [0.4, 0.5) is 4.39 Å². The van der Waals surface area contributed by atoms with E-state index in [9.17, 15) is 4.39 Å². The van der Waals surface area contributed by atoms with Crippen LogP contribution >= 0.6 is 0 Å². The van der Waals surface area contributed by atoms with E-state index in [1.54, 1.807) is 0 Å².